The lowest BCUT2D eigenvalue weighted by molar-refractivity contribution is 0.160. The van der Waals surface area contributed by atoms with E-state index in [1.807, 2.05) is 13.0 Å². The van der Waals surface area contributed by atoms with E-state index in [0.29, 0.717) is 6.54 Å². The molecule has 0 saturated heterocycles. The summed E-state index contributed by atoms with van der Waals surface area (Å²) < 4.78 is 5.50. The third kappa shape index (κ3) is 1.15. The fraction of sp³-hybridized carbons (Fsp3) is 0.556. The van der Waals surface area contributed by atoms with E-state index in [1.165, 1.54) is 0 Å². The van der Waals surface area contributed by atoms with Gasteiger partial charge in [-0.05, 0) is 6.07 Å². The van der Waals surface area contributed by atoms with Gasteiger partial charge in [-0.1, -0.05) is 6.92 Å². The minimum Gasteiger partial charge on any atom is -0.464 e. The van der Waals surface area contributed by atoms with Gasteiger partial charge in [-0.3, -0.25) is 0 Å². The standard InChI is InChI=1S/C9H13NO2/c1-2-6-3-7-8(11)4-10-5-9(7)12-6/h3,8,10-11H,2,4-5H2,1H3. The van der Waals surface area contributed by atoms with Crippen molar-refractivity contribution in [3.8, 4) is 0 Å². The molecule has 1 aromatic rings. The average molecular weight is 167 g/mol. The number of rotatable bonds is 1. The quantitative estimate of drug-likeness (QED) is 0.655. The van der Waals surface area contributed by atoms with E-state index < -0.39 is 6.10 Å². The maximum Gasteiger partial charge on any atom is 0.123 e. The molecule has 0 radical (unpaired) electrons. The van der Waals surface area contributed by atoms with Gasteiger partial charge in [0.05, 0.1) is 12.6 Å². The van der Waals surface area contributed by atoms with Crippen LogP contribution in [0.4, 0.5) is 0 Å². The van der Waals surface area contributed by atoms with Gasteiger partial charge < -0.3 is 14.8 Å². The summed E-state index contributed by atoms with van der Waals surface area (Å²) in [5.74, 6) is 1.85. The van der Waals surface area contributed by atoms with Crippen molar-refractivity contribution in [2.24, 2.45) is 0 Å². The first kappa shape index (κ1) is 7.83. The molecule has 1 atom stereocenters. The zero-order valence-corrected chi connectivity index (χ0v) is 7.13. The summed E-state index contributed by atoms with van der Waals surface area (Å²) in [7, 11) is 0. The number of β-amino-alcohol motifs (C(OH)–C–C–N with tert-alkyl or cyclic N) is 1. The Labute approximate surface area is 71.4 Å². The number of fused-ring (bicyclic) bond motifs is 1. The highest BCUT2D eigenvalue weighted by Gasteiger charge is 2.21. The topological polar surface area (TPSA) is 45.4 Å². The summed E-state index contributed by atoms with van der Waals surface area (Å²) in [4.78, 5) is 0. The van der Waals surface area contributed by atoms with Gasteiger partial charge in [-0.15, -0.1) is 0 Å². The van der Waals surface area contributed by atoms with Gasteiger partial charge in [0, 0.05) is 18.5 Å². The molecule has 0 amide bonds. The molecule has 1 aliphatic rings. The predicted molar refractivity (Wildman–Crippen MR) is 44.8 cm³/mol. The number of furan rings is 1. The Morgan fingerprint density at radius 1 is 1.75 bits per heavy atom. The molecular formula is C9H13NO2. The summed E-state index contributed by atoms with van der Waals surface area (Å²) in [5, 5.41) is 12.6. The minimum absolute atomic E-state index is 0.391. The lowest BCUT2D eigenvalue weighted by Crippen LogP contribution is -2.26. The van der Waals surface area contributed by atoms with Crippen molar-refractivity contribution in [3.05, 3.63) is 23.2 Å². The van der Waals surface area contributed by atoms with Crippen molar-refractivity contribution in [3.63, 3.8) is 0 Å². The SMILES string of the molecule is CCc1cc2c(o1)CNCC2O. The summed E-state index contributed by atoms with van der Waals surface area (Å²) in [6, 6.07) is 1.96. The highest BCUT2D eigenvalue weighted by Crippen LogP contribution is 2.25. The average Bonchev–Trinajstić information content (AvgIpc) is 2.49. The molecule has 0 saturated carbocycles. The van der Waals surface area contributed by atoms with Crippen molar-refractivity contribution in [1.82, 2.24) is 5.32 Å². The van der Waals surface area contributed by atoms with Gasteiger partial charge in [0.2, 0.25) is 0 Å². The zero-order chi connectivity index (χ0) is 8.55. The van der Waals surface area contributed by atoms with Crippen molar-refractivity contribution in [1.29, 1.82) is 0 Å². The Hall–Kier alpha value is -0.800. The number of nitrogens with one attached hydrogen (secondary N) is 1. The Morgan fingerprint density at radius 3 is 3.25 bits per heavy atom. The van der Waals surface area contributed by atoms with Gasteiger partial charge in [0.15, 0.2) is 0 Å². The van der Waals surface area contributed by atoms with Crippen molar-refractivity contribution >= 4 is 0 Å². The van der Waals surface area contributed by atoms with Crippen molar-refractivity contribution in [2.75, 3.05) is 6.54 Å². The van der Waals surface area contributed by atoms with Crippen LogP contribution in [0.3, 0.4) is 0 Å². The zero-order valence-electron chi connectivity index (χ0n) is 7.13. The van der Waals surface area contributed by atoms with E-state index in [2.05, 4.69) is 5.32 Å². The largest absolute Gasteiger partial charge is 0.464 e. The molecular weight excluding hydrogens is 154 g/mol. The van der Waals surface area contributed by atoms with E-state index in [9.17, 15) is 5.11 Å². The van der Waals surface area contributed by atoms with E-state index in [0.717, 1.165) is 30.0 Å². The maximum atomic E-state index is 9.55. The fourth-order valence-corrected chi connectivity index (χ4v) is 1.53. The lowest BCUT2D eigenvalue weighted by atomic mass is 10.1. The van der Waals surface area contributed by atoms with Crippen LogP contribution in [-0.4, -0.2) is 11.7 Å². The smallest absolute Gasteiger partial charge is 0.123 e. The first-order chi connectivity index (χ1) is 5.81. The van der Waals surface area contributed by atoms with Crippen LogP contribution in [-0.2, 0) is 13.0 Å². The van der Waals surface area contributed by atoms with Crippen LogP contribution >= 0.6 is 0 Å². The Bertz CT molecular complexity index is 280. The number of hydrogen-bond donors (Lipinski definition) is 2. The van der Waals surface area contributed by atoms with Crippen LogP contribution in [0.2, 0.25) is 0 Å². The first-order valence-electron chi connectivity index (χ1n) is 4.31. The van der Waals surface area contributed by atoms with Crippen LogP contribution in [0.25, 0.3) is 0 Å². The molecule has 0 fully saturated rings. The highest BCUT2D eigenvalue weighted by molar-refractivity contribution is 5.26. The highest BCUT2D eigenvalue weighted by atomic mass is 16.3. The summed E-state index contributed by atoms with van der Waals surface area (Å²) in [6.07, 6.45) is 0.498. The summed E-state index contributed by atoms with van der Waals surface area (Å²) in [6.45, 7) is 3.42. The predicted octanol–water partition coefficient (Wildman–Crippen LogP) is 0.979. The third-order valence-electron chi connectivity index (χ3n) is 2.22. The number of hydrogen-bond acceptors (Lipinski definition) is 3. The molecule has 0 aromatic carbocycles. The second-order valence-electron chi connectivity index (χ2n) is 3.09. The van der Waals surface area contributed by atoms with Gasteiger partial charge >= 0.3 is 0 Å². The van der Waals surface area contributed by atoms with Gasteiger partial charge in [-0.25, -0.2) is 0 Å². The molecule has 1 unspecified atom stereocenters. The monoisotopic (exact) mass is 167 g/mol. The Morgan fingerprint density at radius 2 is 2.58 bits per heavy atom. The van der Waals surface area contributed by atoms with Crippen molar-refractivity contribution < 1.29 is 9.52 Å². The molecule has 66 valence electrons. The molecule has 0 bridgehead atoms. The molecule has 1 aromatic heterocycles. The molecule has 0 aliphatic carbocycles. The van der Waals surface area contributed by atoms with Crippen LogP contribution in [0, 0.1) is 0 Å². The second-order valence-corrected chi connectivity index (χ2v) is 3.09. The fourth-order valence-electron chi connectivity index (χ4n) is 1.53. The normalized spacial score (nSPS) is 22.3. The van der Waals surface area contributed by atoms with E-state index in [4.69, 9.17) is 4.42 Å². The molecule has 2 heterocycles. The Kier molecular flexibility index (Phi) is 1.90. The minimum atomic E-state index is -0.391. The second kappa shape index (κ2) is 2.92. The lowest BCUT2D eigenvalue weighted by Gasteiger charge is -2.16. The molecule has 2 N–H and O–H groups in total. The van der Waals surface area contributed by atoms with Crippen LogP contribution in [0.15, 0.2) is 10.5 Å². The van der Waals surface area contributed by atoms with Crippen molar-refractivity contribution in [2.45, 2.75) is 26.0 Å². The van der Waals surface area contributed by atoms with E-state index in [-0.39, 0.29) is 0 Å². The van der Waals surface area contributed by atoms with Gasteiger partial charge in [0.25, 0.3) is 0 Å². The molecule has 3 heteroatoms. The van der Waals surface area contributed by atoms with Gasteiger partial charge in [-0.2, -0.15) is 0 Å². The molecule has 3 nitrogen and oxygen atoms in total. The Balaban J connectivity index is 2.37. The van der Waals surface area contributed by atoms with E-state index >= 15 is 0 Å². The third-order valence-corrected chi connectivity index (χ3v) is 2.22. The molecule has 12 heavy (non-hydrogen) atoms. The number of aliphatic hydroxyl groups is 1. The molecule has 0 spiro atoms. The van der Waals surface area contributed by atoms with Gasteiger partial charge in [0.1, 0.15) is 11.5 Å². The van der Waals surface area contributed by atoms with E-state index in [1.54, 1.807) is 0 Å². The maximum absolute atomic E-state index is 9.55. The first-order valence-corrected chi connectivity index (χ1v) is 4.31. The number of aryl methyl sites for hydroxylation is 1. The summed E-state index contributed by atoms with van der Waals surface area (Å²) in [5.41, 5.74) is 0.964. The van der Waals surface area contributed by atoms with Crippen LogP contribution in [0.1, 0.15) is 30.1 Å². The molecule has 1 aliphatic heterocycles. The molecule has 2 rings (SSSR count). The summed E-state index contributed by atoms with van der Waals surface area (Å²) >= 11 is 0. The van der Waals surface area contributed by atoms with Crippen LogP contribution < -0.4 is 5.32 Å². The van der Waals surface area contributed by atoms with Crippen LogP contribution in [0.5, 0.6) is 0 Å². The number of aliphatic hydroxyl groups excluding tert-OH is 1.